The summed E-state index contributed by atoms with van der Waals surface area (Å²) in [4.78, 5) is 38.5. The van der Waals surface area contributed by atoms with Crippen LogP contribution in [0.1, 0.15) is 52.5 Å². The SMILES string of the molecule is C[C@@]1(O)[C@H](O)[C@@H](CO)O[C@H]1c1scc2c(=O)[nH]c(N)nc12.C[C@@]1(OCc2ccccc2)[C@H](OCc2ccccc2)[C@@H](COCc2ccccc2)O[C@H]1c1scc2c(=O)[nH]c(N)nc12.ClB(Cl)Cl. The van der Waals surface area contributed by atoms with E-state index in [2.05, 4.69) is 19.9 Å². The molecule has 7 aromatic rings. The third-order valence-corrected chi connectivity index (χ3v) is 13.3. The number of rotatable bonds is 13. The quantitative estimate of drug-likeness (QED) is 0.0603. The number of aliphatic hydroxyl groups is 3. The normalized spacial score (nSPS) is 24.5. The van der Waals surface area contributed by atoms with Crippen molar-refractivity contribution in [2.45, 2.75) is 81.5 Å². The number of aliphatic hydroxyl groups excluding tert-OH is 2. The van der Waals surface area contributed by atoms with E-state index >= 15 is 0 Å². The molecule has 6 heterocycles. The topological polar surface area (TPSA) is 250 Å². The fourth-order valence-electron chi connectivity index (χ4n) is 7.93. The van der Waals surface area contributed by atoms with Crippen LogP contribution >= 0.6 is 57.1 Å². The van der Waals surface area contributed by atoms with Crippen molar-refractivity contribution >= 4 is 95.7 Å². The number of benzene rings is 3. The Labute approximate surface area is 407 Å². The monoisotopic (exact) mass is 1010 g/mol. The Bertz CT molecular complexity index is 2820. The molecular weight excluding hydrogens is 966 g/mol. The van der Waals surface area contributed by atoms with Crippen LogP contribution in [0.2, 0.25) is 0 Å². The van der Waals surface area contributed by atoms with Crippen LogP contribution in [-0.2, 0) is 43.5 Å². The van der Waals surface area contributed by atoms with Crippen molar-refractivity contribution in [3.63, 3.8) is 0 Å². The van der Waals surface area contributed by atoms with E-state index in [1.165, 1.54) is 29.6 Å². The zero-order valence-corrected chi connectivity index (χ0v) is 40.0. The predicted molar refractivity (Wildman–Crippen MR) is 262 cm³/mol. The van der Waals surface area contributed by atoms with E-state index in [0.29, 0.717) is 46.5 Å². The minimum absolute atomic E-state index is 0.0379. The van der Waals surface area contributed by atoms with E-state index in [0.717, 1.165) is 21.6 Å². The van der Waals surface area contributed by atoms with E-state index in [9.17, 15) is 24.9 Å². The Hall–Kier alpha value is -4.45. The molecule has 22 heteroatoms. The molecule has 9 rings (SSSR count). The number of ether oxygens (including phenoxy) is 5. The van der Waals surface area contributed by atoms with Crippen molar-refractivity contribution in [1.29, 1.82) is 0 Å². The first-order valence-corrected chi connectivity index (χ1v) is 23.9. The van der Waals surface area contributed by atoms with Gasteiger partial charge >= 0.3 is 4.96 Å². The largest absolute Gasteiger partial charge is 0.450 e. The van der Waals surface area contributed by atoms with Gasteiger partial charge in [-0.05, 0) is 30.5 Å². The second kappa shape index (κ2) is 22.3. The number of thiophene rings is 2. The highest BCUT2D eigenvalue weighted by Gasteiger charge is 2.57. The molecule has 0 saturated carbocycles. The van der Waals surface area contributed by atoms with Gasteiger partial charge < -0.3 is 50.5 Å². The lowest BCUT2D eigenvalue weighted by Crippen LogP contribution is -2.47. The predicted octanol–water partition coefficient (Wildman–Crippen LogP) is 6.58. The average molecular weight is 1010 g/mol. The summed E-state index contributed by atoms with van der Waals surface area (Å²) in [6, 6.07) is 30.0. The van der Waals surface area contributed by atoms with Crippen LogP contribution < -0.4 is 22.6 Å². The van der Waals surface area contributed by atoms with Crippen molar-refractivity contribution < 1.29 is 39.0 Å². The molecule has 0 unspecified atom stereocenters. The Morgan fingerprint density at radius 2 is 1.18 bits per heavy atom. The minimum atomic E-state index is -1.61. The smallest absolute Gasteiger partial charge is 0.394 e. The van der Waals surface area contributed by atoms with Crippen LogP contribution in [0.3, 0.4) is 0 Å². The third kappa shape index (κ3) is 11.7. The van der Waals surface area contributed by atoms with Crippen molar-refractivity contribution in [2.75, 3.05) is 24.7 Å². The first-order valence-electron chi connectivity index (χ1n) is 20.8. The maximum absolute atomic E-state index is 12.7. The summed E-state index contributed by atoms with van der Waals surface area (Å²) in [5.74, 6) is 0.0146. The summed E-state index contributed by atoms with van der Waals surface area (Å²) < 4.78 is 31.9. The van der Waals surface area contributed by atoms with E-state index in [4.69, 9.17) is 69.5 Å². The lowest BCUT2D eigenvalue weighted by Gasteiger charge is -2.35. The number of fused-ring (bicyclic) bond motifs is 2. The zero-order chi connectivity index (χ0) is 47.9. The van der Waals surface area contributed by atoms with Gasteiger partial charge in [-0.3, -0.25) is 19.6 Å². The van der Waals surface area contributed by atoms with E-state index < -0.39 is 59.4 Å². The number of hydrogen-bond acceptors (Lipinski definition) is 16. The molecule has 0 bridgehead atoms. The number of nitrogens with one attached hydrogen (secondary N) is 2. The molecule has 67 heavy (non-hydrogen) atoms. The van der Waals surface area contributed by atoms with Crippen molar-refractivity contribution in [1.82, 2.24) is 19.9 Å². The van der Waals surface area contributed by atoms with E-state index in [-0.39, 0.29) is 29.6 Å². The summed E-state index contributed by atoms with van der Waals surface area (Å²) in [5.41, 5.74) is 12.3. The molecule has 2 aliphatic heterocycles. The fraction of sp³-hybridized carbons (Fsp3) is 0.333. The van der Waals surface area contributed by atoms with Gasteiger partial charge in [-0.2, -0.15) is 34.4 Å². The first kappa shape index (κ1) is 50.4. The number of nitrogen functional groups attached to an aromatic ring is 2. The average Bonchev–Trinajstić information content (AvgIpc) is 4.04. The fourth-order valence-corrected chi connectivity index (χ4v) is 10.2. The molecule has 0 aliphatic carbocycles. The second-order valence-corrected chi connectivity index (χ2v) is 19.8. The molecule has 2 fully saturated rings. The van der Waals surface area contributed by atoms with Crippen molar-refractivity contribution in [3.8, 4) is 0 Å². The van der Waals surface area contributed by atoms with Gasteiger partial charge in [0.2, 0.25) is 11.9 Å². The highest BCUT2D eigenvalue weighted by atomic mass is 35.6. The van der Waals surface area contributed by atoms with Crippen LogP contribution in [0.25, 0.3) is 21.8 Å². The molecule has 2 aliphatic rings. The molecule has 4 aromatic heterocycles. The number of nitrogens with two attached hydrogens (primary N) is 2. The van der Waals surface area contributed by atoms with Gasteiger partial charge in [-0.15, -0.1) is 22.7 Å². The van der Waals surface area contributed by atoms with Crippen LogP contribution in [-0.4, -0.2) is 89.0 Å². The molecular formula is C45H48BCl3N6O10S2. The number of nitrogens with zero attached hydrogens (tertiary/aromatic N) is 2. The molecule has 354 valence electrons. The lowest BCUT2D eigenvalue weighted by atomic mass is 9.90. The third-order valence-electron chi connectivity index (χ3n) is 11.3. The molecule has 8 atom stereocenters. The summed E-state index contributed by atoms with van der Waals surface area (Å²) in [6.07, 6.45) is -4.60. The molecule has 0 amide bonds. The Balaban J connectivity index is 0.000000222. The molecule has 3 aromatic carbocycles. The first-order chi connectivity index (χ1) is 32.1. The van der Waals surface area contributed by atoms with Gasteiger partial charge in [0, 0.05) is 10.8 Å². The molecule has 0 spiro atoms. The number of hydrogen-bond donors (Lipinski definition) is 7. The van der Waals surface area contributed by atoms with Crippen LogP contribution in [0, 0.1) is 0 Å². The molecule has 0 radical (unpaired) electrons. The number of halogens is 3. The zero-order valence-electron chi connectivity index (χ0n) is 36.1. The molecule has 9 N–H and O–H groups in total. The molecule has 2 saturated heterocycles. The summed E-state index contributed by atoms with van der Waals surface area (Å²) >= 11 is 17.0. The van der Waals surface area contributed by atoms with Gasteiger partial charge in [0.25, 0.3) is 11.1 Å². The van der Waals surface area contributed by atoms with Gasteiger partial charge in [0.1, 0.15) is 47.8 Å². The number of H-pyrrole nitrogens is 2. The van der Waals surface area contributed by atoms with Crippen molar-refractivity contribution in [3.05, 3.63) is 149 Å². The van der Waals surface area contributed by atoms with E-state index in [1.807, 2.05) is 97.9 Å². The van der Waals surface area contributed by atoms with Gasteiger partial charge in [-0.1, -0.05) is 91.0 Å². The maximum Gasteiger partial charge on any atom is 0.450 e. The minimum Gasteiger partial charge on any atom is -0.394 e. The van der Waals surface area contributed by atoms with Gasteiger partial charge in [-0.25, -0.2) is 9.97 Å². The number of aromatic nitrogens is 4. The summed E-state index contributed by atoms with van der Waals surface area (Å²) in [7, 11) is 0. The number of aromatic amines is 2. The van der Waals surface area contributed by atoms with Crippen LogP contribution in [0.5, 0.6) is 0 Å². The van der Waals surface area contributed by atoms with Crippen LogP contribution in [0.4, 0.5) is 11.9 Å². The van der Waals surface area contributed by atoms with E-state index in [1.54, 1.807) is 10.8 Å². The summed E-state index contributed by atoms with van der Waals surface area (Å²) in [5, 5.41) is 33.9. The van der Waals surface area contributed by atoms with Crippen molar-refractivity contribution in [2.24, 2.45) is 0 Å². The van der Waals surface area contributed by atoms with Crippen LogP contribution in [0.15, 0.2) is 111 Å². The van der Waals surface area contributed by atoms with Gasteiger partial charge in [0.15, 0.2) is 0 Å². The second-order valence-electron chi connectivity index (χ2n) is 16.0. The Kier molecular flexibility index (Phi) is 16.8. The molecule has 16 nitrogen and oxygen atoms in total. The summed E-state index contributed by atoms with van der Waals surface area (Å²) in [6.45, 7) is 4.45. The highest BCUT2D eigenvalue weighted by Crippen LogP contribution is 2.50. The Morgan fingerprint density at radius 3 is 1.66 bits per heavy atom. The van der Waals surface area contributed by atoms with Gasteiger partial charge in [0.05, 0.1) is 64.6 Å². The Morgan fingerprint density at radius 1 is 0.731 bits per heavy atom. The number of anilines is 2. The lowest BCUT2D eigenvalue weighted by molar-refractivity contribution is -0.147. The maximum atomic E-state index is 12.7. The standard InChI is InChI=1S/C33H33N3O5S.C12H15N3O5S.BCl3/c1-33(40-19-24-15-9-4-10-16-24)29(39-18-23-13-7-3-8-14-23)26(20-38-17-22-11-5-2-6-12-22)41-30(33)28-27-25(21-42-28)31(37)36-32(34)35-27;1-12(19)8(17)5(2-16)20-9(12)7-6-4(3-21-7)10(18)15-11(13)14-6;2-1(3)4/h2-16,21,26,29-30H,17-20H2,1H3,(H3,34,35,36,37);3,5,8-9,16-17,19H,2H2,1H3,(H3,13,14,15,18);/t26-,29-,30+,33-;5-,8-,9+,12-;/m11./s1. The highest BCUT2D eigenvalue weighted by molar-refractivity contribution is 7.54.